The van der Waals surface area contributed by atoms with Gasteiger partial charge < -0.3 is 15.6 Å². The van der Waals surface area contributed by atoms with Gasteiger partial charge in [0.2, 0.25) is 11.8 Å². The Morgan fingerprint density at radius 3 is 2.63 bits per heavy atom. The minimum atomic E-state index is -1.16. The summed E-state index contributed by atoms with van der Waals surface area (Å²) in [5.41, 5.74) is 0.443. The fourth-order valence-corrected chi connectivity index (χ4v) is 3.04. The Morgan fingerprint density at radius 2 is 1.90 bits per heavy atom. The van der Waals surface area contributed by atoms with Crippen LogP contribution in [0.25, 0.3) is 10.9 Å². The van der Waals surface area contributed by atoms with Crippen LogP contribution in [0.5, 0.6) is 0 Å². The molecule has 2 amide bonds. The highest BCUT2D eigenvalue weighted by molar-refractivity contribution is 5.88. The molecular formula is C21H20F2N4O3. The summed E-state index contributed by atoms with van der Waals surface area (Å²) < 4.78 is 26.7. The van der Waals surface area contributed by atoms with Crippen molar-refractivity contribution in [1.82, 2.24) is 20.6 Å². The number of carbonyl (C=O) groups excluding carboxylic acids is 2. The third-order valence-corrected chi connectivity index (χ3v) is 4.57. The van der Waals surface area contributed by atoms with E-state index >= 15 is 0 Å². The van der Waals surface area contributed by atoms with Crippen molar-refractivity contribution in [2.75, 3.05) is 7.05 Å². The van der Waals surface area contributed by atoms with E-state index in [9.17, 15) is 23.2 Å². The zero-order chi connectivity index (χ0) is 21.7. The van der Waals surface area contributed by atoms with Crippen molar-refractivity contribution < 1.29 is 18.4 Å². The van der Waals surface area contributed by atoms with Crippen LogP contribution in [-0.4, -0.2) is 28.8 Å². The van der Waals surface area contributed by atoms with Crippen molar-refractivity contribution >= 4 is 22.7 Å². The number of amides is 2. The second-order valence-electron chi connectivity index (χ2n) is 6.67. The molecule has 0 saturated heterocycles. The summed E-state index contributed by atoms with van der Waals surface area (Å²) in [6.45, 7) is 0. The van der Waals surface area contributed by atoms with Gasteiger partial charge in [-0.2, -0.15) is 0 Å². The number of halogens is 2. The van der Waals surface area contributed by atoms with Crippen LogP contribution in [-0.2, 0) is 16.0 Å². The molecule has 0 spiro atoms. The number of aromatic nitrogens is 2. The van der Waals surface area contributed by atoms with Gasteiger partial charge in [-0.15, -0.1) is 0 Å². The number of fused-ring (bicyclic) bond motifs is 1. The standard InChI is InChI=1S/C21H20F2N4O3/c1-24-21(30)19(12-9-10-14(22)15(23)11-12)27-18(28)8-4-7-17-25-16-6-3-2-5-13(16)20(29)26-17/h2-3,5-6,9-11,19H,4,7-8H2,1H3,(H,24,30)(H,27,28)(H,25,26,29). The molecule has 30 heavy (non-hydrogen) atoms. The molecule has 0 aliphatic rings. The molecule has 3 N–H and O–H groups in total. The van der Waals surface area contributed by atoms with Gasteiger partial charge in [0, 0.05) is 19.9 Å². The van der Waals surface area contributed by atoms with E-state index in [2.05, 4.69) is 20.6 Å². The Bertz CT molecular complexity index is 1150. The highest BCUT2D eigenvalue weighted by Crippen LogP contribution is 2.17. The topological polar surface area (TPSA) is 104 Å². The number of nitrogens with zero attached hydrogens (tertiary/aromatic N) is 1. The van der Waals surface area contributed by atoms with Crippen LogP contribution in [0.4, 0.5) is 8.78 Å². The number of carbonyl (C=O) groups is 2. The maximum atomic E-state index is 13.5. The Balaban J connectivity index is 1.64. The van der Waals surface area contributed by atoms with Crippen LogP contribution >= 0.6 is 0 Å². The van der Waals surface area contributed by atoms with E-state index in [4.69, 9.17) is 0 Å². The summed E-state index contributed by atoms with van der Waals surface area (Å²) in [6, 6.07) is 8.79. The highest BCUT2D eigenvalue weighted by atomic mass is 19.2. The lowest BCUT2D eigenvalue weighted by molar-refractivity contribution is -0.129. The first-order valence-corrected chi connectivity index (χ1v) is 9.33. The average molecular weight is 414 g/mol. The SMILES string of the molecule is CNC(=O)C(NC(=O)CCCc1nc2ccccc2c(=O)[nH]1)c1ccc(F)c(F)c1. The predicted molar refractivity (Wildman–Crippen MR) is 107 cm³/mol. The lowest BCUT2D eigenvalue weighted by Gasteiger charge is -2.18. The van der Waals surface area contributed by atoms with Crippen LogP contribution < -0.4 is 16.2 Å². The van der Waals surface area contributed by atoms with Gasteiger partial charge in [-0.1, -0.05) is 18.2 Å². The first-order chi connectivity index (χ1) is 14.4. The van der Waals surface area contributed by atoms with Crippen LogP contribution in [0.15, 0.2) is 47.3 Å². The third kappa shape index (κ3) is 4.86. The second-order valence-corrected chi connectivity index (χ2v) is 6.67. The molecule has 3 aromatic rings. The maximum Gasteiger partial charge on any atom is 0.258 e. The van der Waals surface area contributed by atoms with Crippen molar-refractivity contribution in [3.05, 3.63) is 75.8 Å². The largest absolute Gasteiger partial charge is 0.357 e. The number of para-hydroxylation sites is 1. The number of aromatic amines is 1. The smallest absolute Gasteiger partial charge is 0.258 e. The van der Waals surface area contributed by atoms with Crippen LogP contribution in [0.1, 0.15) is 30.3 Å². The van der Waals surface area contributed by atoms with Crippen LogP contribution in [0, 0.1) is 11.6 Å². The third-order valence-electron chi connectivity index (χ3n) is 4.57. The summed E-state index contributed by atoms with van der Waals surface area (Å²) in [5, 5.41) is 5.40. The number of nitrogens with one attached hydrogen (secondary N) is 3. The summed E-state index contributed by atoms with van der Waals surface area (Å²) >= 11 is 0. The molecule has 1 unspecified atom stereocenters. The fraction of sp³-hybridized carbons (Fsp3) is 0.238. The quantitative estimate of drug-likeness (QED) is 0.551. The van der Waals surface area contributed by atoms with E-state index < -0.39 is 29.5 Å². The van der Waals surface area contributed by atoms with E-state index in [0.717, 1.165) is 12.1 Å². The van der Waals surface area contributed by atoms with Gasteiger partial charge in [-0.25, -0.2) is 13.8 Å². The Kier molecular flexibility index (Phi) is 6.51. The van der Waals surface area contributed by atoms with E-state index in [1.807, 2.05) is 0 Å². The monoisotopic (exact) mass is 414 g/mol. The molecule has 3 rings (SSSR count). The van der Waals surface area contributed by atoms with Crippen molar-refractivity contribution in [2.24, 2.45) is 0 Å². The number of hydrogen-bond acceptors (Lipinski definition) is 4. The molecule has 0 aliphatic heterocycles. The average Bonchev–Trinajstić information content (AvgIpc) is 2.73. The van der Waals surface area contributed by atoms with Crippen molar-refractivity contribution in [3.8, 4) is 0 Å². The van der Waals surface area contributed by atoms with Crippen LogP contribution in [0.2, 0.25) is 0 Å². The Hall–Kier alpha value is -3.62. The second kappa shape index (κ2) is 9.25. The number of hydrogen-bond donors (Lipinski definition) is 3. The number of H-pyrrole nitrogens is 1. The summed E-state index contributed by atoms with van der Waals surface area (Å²) in [7, 11) is 1.38. The van der Waals surface area contributed by atoms with Crippen LogP contribution in [0.3, 0.4) is 0 Å². The van der Waals surface area contributed by atoms with E-state index in [0.29, 0.717) is 29.6 Å². The molecule has 1 aromatic heterocycles. The van der Waals surface area contributed by atoms with Gasteiger partial charge in [0.25, 0.3) is 5.56 Å². The fourth-order valence-electron chi connectivity index (χ4n) is 3.04. The highest BCUT2D eigenvalue weighted by Gasteiger charge is 2.23. The molecule has 9 heteroatoms. The molecule has 156 valence electrons. The molecule has 0 aliphatic carbocycles. The molecule has 0 fully saturated rings. The molecule has 7 nitrogen and oxygen atoms in total. The van der Waals surface area contributed by atoms with Gasteiger partial charge in [-0.05, 0) is 36.2 Å². The molecular weight excluding hydrogens is 394 g/mol. The molecule has 1 heterocycles. The number of likely N-dealkylation sites (N-methyl/N-ethyl adjacent to an activating group) is 1. The van der Waals surface area contributed by atoms with Crippen molar-refractivity contribution in [1.29, 1.82) is 0 Å². The summed E-state index contributed by atoms with van der Waals surface area (Å²) in [4.78, 5) is 43.6. The zero-order valence-electron chi connectivity index (χ0n) is 16.2. The van der Waals surface area contributed by atoms with E-state index in [1.54, 1.807) is 24.3 Å². The number of aryl methyl sites for hydroxylation is 1. The first-order valence-electron chi connectivity index (χ1n) is 9.33. The van der Waals surface area contributed by atoms with Gasteiger partial charge in [0.05, 0.1) is 10.9 Å². The molecule has 2 aromatic carbocycles. The Labute approximate surface area is 170 Å². The van der Waals surface area contributed by atoms with Crippen molar-refractivity contribution in [3.63, 3.8) is 0 Å². The van der Waals surface area contributed by atoms with Gasteiger partial charge >= 0.3 is 0 Å². The van der Waals surface area contributed by atoms with E-state index in [-0.39, 0.29) is 17.5 Å². The zero-order valence-corrected chi connectivity index (χ0v) is 16.2. The van der Waals surface area contributed by atoms with Gasteiger partial charge in [-0.3, -0.25) is 14.4 Å². The van der Waals surface area contributed by atoms with Crippen molar-refractivity contribution in [2.45, 2.75) is 25.3 Å². The minimum absolute atomic E-state index is 0.0493. The first kappa shape index (κ1) is 21.1. The van der Waals surface area contributed by atoms with Gasteiger partial charge in [0.1, 0.15) is 11.9 Å². The number of benzene rings is 2. The molecule has 1 atom stereocenters. The predicted octanol–water partition coefficient (Wildman–Crippen LogP) is 2.13. The maximum absolute atomic E-state index is 13.5. The van der Waals surface area contributed by atoms with Gasteiger partial charge in [0.15, 0.2) is 11.6 Å². The normalized spacial score (nSPS) is 11.8. The Morgan fingerprint density at radius 1 is 1.13 bits per heavy atom. The summed E-state index contributed by atoms with van der Waals surface area (Å²) in [5.74, 6) is -2.71. The molecule has 0 saturated carbocycles. The number of rotatable bonds is 7. The van der Waals surface area contributed by atoms with E-state index in [1.165, 1.54) is 13.1 Å². The molecule has 0 bridgehead atoms. The summed E-state index contributed by atoms with van der Waals surface area (Å²) in [6.07, 6.45) is 0.766. The lowest BCUT2D eigenvalue weighted by atomic mass is 10.1. The molecule has 0 radical (unpaired) electrons. The lowest BCUT2D eigenvalue weighted by Crippen LogP contribution is -2.39. The minimum Gasteiger partial charge on any atom is -0.357 e.